The number of fused-ring (bicyclic) bond motifs is 1. The fourth-order valence-electron chi connectivity index (χ4n) is 1.85. The van der Waals surface area contributed by atoms with Crippen LogP contribution in [-0.2, 0) is 9.53 Å². The molecule has 5 heteroatoms. The molecular formula is C13H14N2O3. The van der Waals surface area contributed by atoms with E-state index in [0.717, 1.165) is 10.9 Å². The molecule has 18 heavy (non-hydrogen) atoms. The molecule has 0 aliphatic carbocycles. The van der Waals surface area contributed by atoms with Gasteiger partial charge in [-0.2, -0.15) is 0 Å². The van der Waals surface area contributed by atoms with Crippen LogP contribution in [0.25, 0.3) is 10.9 Å². The van der Waals surface area contributed by atoms with E-state index >= 15 is 0 Å². The molecule has 0 aliphatic rings. The molecule has 1 heterocycles. The average molecular weight is 246 g/mol. The molecule has 94 valence electrons. The third-order valence-corrected chi connectivity index (χ3v) is 2.80. The lowest BCUT2D eigenvalue weighted by molar-refractivity contribution is -0.142. The summed E-state index contributed by atoms with van der Waals surface area (Å²) >= 11 is 0. The third kappa shape index (κ3) is 2.26. The second-order valence-corrected chi connectivity index (χ2v) is 4.00. The Labute approximate surface area is 104 Å². The molecule has 0 aliphatic heterocycles. The number of nitrogens with two attached hydrogens (primary N) is 1. The van der Waals surface area contributed by atoms with Crippen molar-refractivity contribution < 1.29 is 14.3 Å². The summed E-state index contributed by atoms with van der Waals surface area (Å²) in [5.41, 5.74) is 7.00. The predicted molar refractivity (Wildman–Crippen MR) is 67.2 cm³/mol. The van der Waals surface area contributed by atoms with Gasteiger partial charge in [-0.05, 0) is 6.07 Å². The van der Waals surface area contributed by atoms with E-state index in [1.54, 1.807) is 6.20 Å². The number of hydrogen-bond acceptors (Lipinski definition) is 4. The minimum Gasteiger partial charge on any atom is -0.468 e. The Morgan fingerprint density at radius 3 is 2.83 bits per heavy atom. The number of H-pyrrole nitrogens is 1. The lowest BCUT2D eigenvalue weighted by Crippen LogP contribution is -2.33. The molecule has 0 bridgehead atoms. The standard InChI is InChI=1S/C13H14N2O3/c1-18-13(17)10(14)6-12(16)9-7-15-11-5-3-2-4-8(9)11/h2-5,7,10,15H,6,14H2,1H3. The van der Waals surface area contributed by atoms with Crippen molar-refractivity contribution in [1.29, 1.82) is 0 Å². The molecule has 1 unspecified atom stereocenters. The Morgan fingerprint density at radius 1 is 1.39 bits per heavy atom. The van der Waals surface area contributed by atoms with E-state index in [4.69, 9.17) is 5.73 Å². The van der Waals surface area contributed by atoms with Gasteiger partial charge in [0.05, 0.1) is 7.11 Å². The average Bonchev–Trinajstić information content (AvgIpc) is 2.81. The summed E-state index contributed by atoms with van der Waals surface area (Å²) in [4.78, 5) is 26.2. The number of aromatic nitrogens is 1. The number of esters is 1. The maximum Gasteiger partial charge on any atom is 0.323 e. The molecule has 1 aromatic carbocycles. The van der Waals surface area contributed by atoms with Crippen LogP contribution in [0.2, 0.25) is 0 Å². The fourth-order valence-corrected chi connectivity index (χ4v) is 1.85. The number of ketones is 1. The predicted octanol–water partition coefficient (Wildman–Crippen LogP) is 1.24. The minimum atomic E-state index is -0.920. The van der Waals surface area contributed by atoms with Gasteiger partial charge < -0.3 is 15.5 Å². The van der Waals surface area contributed by atoms with Crippen molar-refractivity contribution in [3.63, 3.8) is 0 Å². The first kappa shape index (κ1) is 12.3. The topological polar surface area (TPSA) is 85.2 Å². The van der Waals surface area contributed by atoms with Gasteiger partial charge >= 0.3 is 5.97 Å². The minimum absolute atomic E-state index is 0.0610. The van der Waals surface area contributed by atoms with Crippen molar-refractivity contribution in [3.8, 4) is 0 Å². The van der Waals surface area contributed by atoms with Crippen molar-refractivity contribution in [2.75, 3.05) is 7.11 Å². The van der Waals surface area contributed by atoms with Crippen molar-refractivity contribution in [3.05, 3.63) is 36.0 Å². The maximum atomic E-state index is 12.0. The summed E-state index contributed by atoms with van der Waals surface area (Å²) in [5.74, 6) is -0.756. The second kappa shape index (κ2) is 5.01. The van der Waals surface area contributed by atoms with E-state index in [9.17, 15) is 9.59 Å². The van der Waals surface area contributed by atoms with Crippen molar-refractivity contribution in [2.24, 2.45) is 5.73 Å². The summed E-state index contributed by atoms with van der Waals surface area (Å²) in [5, 5.41) is 0.833. The van der Waals surface area contributed by atoms with Gasteiger partial charge in [0.2, 0.25) is 0 Å². The molecular weight excluding hydrogens is 232 g/mol. The summed E-state index contributed by atoms with van der Waals surface area (Å²) < 4.78 is 4.49. The second-order valence-electron chi connectivity index (χ2n) is 4.00. The summed E-state index contributed by atoms with van der Waals surface area (Å²) in [6.45, 7) is 0. The normalized spacial score (nSPS) is 12.3. The summed E-state index contributed by atoms with van der Waals surface area (Å²) in [6.07, 6.45) is 1.57. The van der Waals surface area contributed by atoms with Crippen LogP contribution < -0.4 is 5.73 Å². The molecule has 0 radical (unpaired) electrons. The van der Waals surface area contributed by atoms with Crippen LogP contribution >= 0.6 is 0 Å². The Hall–Kier alpha value is -2.14. The van der Waals surface area contributed by atoms with Gasteiger partial charge in [0.25, 0.3) is 0 Å². The first-order valence-electron chi connectivity index (χ1n) is 5.56. The number of methoxy groups -OCH3 is 1. The molecule has 0 saturated heterocycles. The largest absolute Gasteiger partial charge is 0.468 e. The van der Waals surface area contributed by atoms with Gasteiger partial charge in [-0.3, -0.25) is 9.59 Å². The Morgan fingerprint density at radius 2 is 2.11 bits per heavy atom. The number of hydrogen-bond donors (Lipinski definition) is 2. The van der Waals surface area contributed by atoms with Crippen LogP contribution in [0.15, 0.2) is 30.5 Å². The first-order valence-corrected chi connectivity index (χ1v) is 5.56. The van der Waals surface area contributed by atoms with Crippen molar-refractivity contribution >= 4 is 22.7 Å². The number of ether oxygens (including phenoxy) is 1. The quantitative estimate of drug-likeness (QED) is 0.628. The van der Waals surface area contributed by atoms with Gasteiger partial charge in [-0.25, -0.2) is 0 Å². The van der Waals surface area contributed by atoms with E-state index in [1.165, 1.54) is 7.11 Å². The molecule has 2 aromatic rings. The Kier molecular flexibility index (Phi) is 3.43. The van der Waals surface area contributed by atoms with E-state index in [0.29, 0.717) is 5.56 Å². The first-order chi connectivity index (χ1) is 8.63. The number of carbonyl (C=O) groups excluding carboxylic acids is 2. The highest BCUT2D eigenvalue weighted by Crippen LogP contribution is 2.19. The van der Waals surface area contributed by atoms with Gasteiger partial charge in [-0.15, -0.1) is 0 Å². The maximum absolute atomic E-state index is 12.0. The molecule has 0 saturated carbocycles. The van der Waals surface area contributed by atoms with Crippen LogP contribution in [0.3, 0.4) is 0 Å². The zero-order valence-corrected chi connectivity index (χ0v) is 9.97. The molecule has 0 amide bonds. The van der Waals surface area contributed by atoms with E-state index < -0.39 is 12.0 Å². The number of carbonyl (C=O) groups is 2. The fraction of sp³-hybridized carbons (Fsp3) is 0.231. The van der Waals surface area contributed by atoms with Crippen LogP contribution in [0.4, 0.5) is 0 Å². The van der Waals surface area contributed by atoms with E-state index in [-0.39, 0.29) is 12.2 Å². The SMILES string of the molecule is COC(=O)C(N)CC(=O)c1c[nH]c2ccccc12. The summed E-state index contributed by atoms with van der Waals surface area (Å²) in [7, 11) is 1.25. The van der Waals surface area contributed by atoms with Gasteiger partial charge in [0, 0.05) is 29.1 Å². The smallest absolute Gasteiger partial charge is 0.323 e. The monoisotopic (exact) mass is 246 g/mol. The molecule has 0 spiro atoms. The van der Waals surface area contributed by atoms with Crippen molar-refractivity contribution in [2.45, 2.75) is 12.5 Å². The number of Topliss-reactive ketones (excluding diaryl/α,β-unsaturated/α-hetero) is 1. The van der Waals surface area contributed by atoms with E-state index in [2.05, 4.69) is 9.72 Å². The number of para-hydroxylation sites is 1. The van der Waals surface area contributed by atoms with Gasteiger partial charge in [0.15, 0.2) is 5.78 Å². The zero-order chi connectivity index (χ0) is 13.1. The zero-order valence-electron chi connectivity index (χ0n) is 9.97. The van der Waals surface area contributed by atoms with Gasteiger partial charge in [-0.1, -0.05) is 18.2 Å². The highest BCUT2D eigenvalue weighted by molar-refractivity contribution is 6.08. The molecule has 2 rings (SSSR count). The van der Waals surface area contributed by atoms with Crippen molar-refractivity contribution in [1.82, 2.24) is 4.98 Å². The number of aromatic amines is 1. The molecule has 5 nitrogen and oxygen atoms in total. The van der Waals surface area contributed by atoms with Gasteiger partial charge in [0.1, 0.15) is 6.04 Å². The number of nitrogens with one attached hydrogen (secondary N) is 1. The molecule has 1 atom stereocenters. The molecule has 0 fully saturated rings. The summed E-state index contributed by atoms with van der Waals surface area (Å²) in [6, 6.07) is 6.55. The highest BCUT2D eigenvalue weighted by Gasteiger charge is 2.20. The van der Waals surface area contributed by atoms with E-state index in [1.807, 2.05) is 24.3 Å². The van der Waals surface area contributed by atoms with Crippen LogP contribution in [0.5, 0.6) is 0 Å². The number of benzene rings is 1. The number of rotatable bonds is 4. The molecule has 3 N–H and O–H groups in total. The third-order valence-electron chi connectivity index (χ3n) is 2.80. The van der Waals surface area contributed by atoms with Crippen LogP contribution in [0, 0.1) is 0 Å². The highest BCUT2D eigenvalue weighted by atomic mass is 16.5. The lowest BCUT2D eigenvalue weighted by Gasteiger charge is -2.07. The lowest BCUT2D eigenvalue weighted by atomic mass is 10.0. The van der Waals surface area contributed by atoms with Crippen LogP contribution in [-0.4, -0.2) is 29.9 Å². The van der Waals surface area contributed by atoms with Crippen LogP contribution in [0.1, 0.15) is 16.8 Å². The molecule has 1 aromatic heterocycles. The Balaban J connectivity index is 2.21. The Bertz CT molecular complexity index is 589.